The van der Waals surface area contributed by atoms with Gasteiger partial charge in [0.05, 0.1) is 12.7 Å². The first-order valence-electron chi connectivity index (χ1n) is 8.86. The van der Waals surface area contributed by atoms with Crippen molar-refractivity contribution in [2.45, 2.75) is 38.0 Å². The van der Waals surface area contributed by atoms with E-state index in [1.807, 2.05) is 53.4 Å². The molecule has 1 heterocycles. The lowest BCUT2D eigenvalue weighted by Crippen LogP contribution is -2.53. The standard InChI is InChI=1S/C21H26N2O2/c1-21(22,18-10-6-3-7-11-18)20(24)23-14-12-19(13-15-23)25-16-17-8-4-2-5-9-17/h2-11,19H,12-16,22H2,1H3. The molecular weight excluding hydrogens is 312 g/mol. The average Bonchev–Trinajstić information content (AvgIpc) is 2.68. The fourth-order valence-corrected chi connectivity index (χ4v) is 3.25. The number of piperidine rings is 1. The molecule has 0 aliphatic carbocycles. The summed E-state index contributed by atoms with van der Waals surface area (Å²) < 4.78 is 6.00. The van der Waals surface area contributed by atoms with Gasteiger partial charge in [-0.1, -0.05) is 60.7 Å². The van der Waals surface area contributed by atoms with Gasteiger partial charge in [0.25, 0.3) is 0 Å². The van der Waals surface area contributed by atoms with Gasteiger partial charge in [0.1, 0.15) is 5.54 Å². The Morgan fingerprint density at radius 1 is 1.08 bits per heavy atom. The summed E-state index contributed by atoms with van der Waals surface area (Å²) >= 11 is 0. The molecule has 1 fully saturated rings. The summed E-state index contributed by atoms with van der Waals surface area (Å²) in [7, 11) is 0. The highest BCUT2D eigenvalue weighted by Crippen LogP contribution is 2.23. The van der Waals surface area contributed by atoms with E-state index >= 15 is 0 Å². The van der Waals surface area contributed by atoms with Gasteiger partial charge in [0, 0.05) is 13.1 Å². The van der Waals surface area contributed by atoms with E-state index in [4.69, 9.17) is 10.5 Å². The number of hydrogen-bond donors (Lipinski definition) is 1. The number of amides is 1. The van der Waals surface area contributed by atoms with Crippen LogP contribution in [0.25, 0.3) is 0 Å². The van der Waals surface area contributed by atoms with E-state index in [1.165, 1.54) is 5.56 Å². The minimum Gasteiger partial charge on any atom is -0.373 e. The molecule has 1 atom stereocenters. The quantitative estimate of drug-likeness (QED) is 0.911. The van der Waals surface area contributed by atoms with Crippen LogP contribution in [0, 0.1) is 0 Å². The SMILES string of the molecule is CC(N)(C(=O)N1CCC(OCc2ccccc2)CC1)c1ccccc1. The van der Waals surface area contributed by atoms with Crippen LogP contribution in [0.4, 0.5) is 0 Å². The van der Waals surface area contributed by atoms with Crippen molar-refractivity contribution in [1.82, 2.24) is 4.90 Å². The summed E-state index contributed by atoms with van der Waals surface area (Å²) in [5, 5.41) is 0. The number of likely N-dealkylation sites (tertiary alicyclic amines) is 1. The Labute approximate surface area is 149 Å². The van der Waals surface area contributed by atoms with Crippen LogP contribution >= 0.6 is 0 Å². The maximum Gasteiger partial charge on any atom is 0.246 e. The van der Waals surface area contributed by atoms with Gasteiger partial charge in [-0.3, -0.25) is 4.79 Å². The Hall–Kier alpha value is -2.17. The third kappa shape index (κ3) is 4.27. The molecule has 3 rings (SSSR count). The first kappa shape index (κ1) is 17.6. The fraction of sp³-hybridized carbons (Fsp3) is 0.381. The number of carbonyl (C=O) groups is 1. The third-order valence-corrected chi connectivity index (χ3v) is 4.88. The van der Waals surface area contributed by atoms with Crippen LogP contribution in [0.2, 0.25) is 0 Å². The number of ether oxygens (including phenoxy) is 1. The van der Waals surface area contributed by atoms with Crippen LogP contribution in [0.1, 0.15) is 30.9 Å². The van der Waals surface area contributed by atoms with Gasteiger partial charge in [0.15, 0.2) is 0 Å². The van der Waals surface area contributed by atoms with Crippen LogP contribution in [-0.4, -0.2) is 30.0 Å². The highest BCUT2D eigenvalue weighted by atomic mass is 16.5. The Morgan fingerprint density at radius 2 is 1.64 bits per heavy atom. The molecule has 4 heteroatoms. The predicted octanol–water partition coefficient (Wildman–Crippen LogP) is 3.07. The molecule has 1 amide bonds. The zero-order chi connectivity index (χ0) is 17.7. The lowest BCUT2D eigenvalue weighted by Gasteiger charge is -2.37. The first-order valence-corrected chi connectivity index (χ1v) is 8.86. The number of nitrogens with two attached hydrogens (primary N) is 1. The molecule has 4 nitrogen and oxygen atoms in total. The number of rotatable bonds is 5. The van der Waals surface area contributed by atoms with Crippen LogP contribution < -0.4 is 5.73 Å². The Balaban J connectivity index is 1.52. The lowest BCUT2D eigenvalue weighted by molar-refractivity contribution is -0.139. The number of nitrogens with zero attached hydrogens (tertiary/aromatic N) is 1. The topological polar surface area (TPSA) is 55.6 Å². The smallest absolute Gasteiger partial charge is 0.246 e. The van der Waals surface area contributed by atoms with Gasteiger partial charge in [0.2, 0.25) is 5.91 Å². The molecule has 2 aromatic carbocycles. The molecule has 0 saturated carbocycles. The van der Waals surface area contributed by atoms with Crippen molar-refractivity contribution in [2.75, 3.05) is 13.1 Å². The van der Waals surface area contributed by atoms with E-state index in [0.29, 0.717) is 19.7 Å². The Kier molecular flexibility index (Phi) is 5.51. The van der Waals surface area contributed by atoms with Gasteiger partial charge < -0.3 is 15.4 Å². The van der Waals surface area contributed by atoms with Crippen molar-refractivity contribution in [3.8, 4) is 0 Å². The fourth-order valence-electron chi connectivity index (χ4n) is 3.25. The van der Waals surface area contributed by atoms with Crippen molar-refractivity contribution in [1.29, 1.82) is 0 Å². The van der Waals surface area contributed by atoms with Crippen LogP contribution in [-0.2, 0) is 21.7 Å². The maximum atomic E-state index is 12.9. The highest BCUT2D eigenvalue weighted by Gasteiger charge is 2.36. The third-order valence-electron chi connectivity index (χ3n) is 4.88. The van der Waals surface area contributed by atoms with Crippen molar-refractivity contribution < 1.29 is 9.53 Å². The number of hydrogen-bond acceptors (Lipinski definition) is 3. The lowest BCUT2D eigenvalue weighted by atomic mass is 9.90. The Morgan fingerprint density at radius 3 is 2.24 bits per heavy atom. The molecule has 1 aliphatic rings. The van der Waals surface area contributed by atoms with Gasteiger partial charge in [-0.2, -0.15) is 0 Å². The molecule has 132 valence electrons. The normalized spacial score (nSPS) is 17.9. The largest absolute Gasteiger partial charge is 0.373 e. The molecule has 25 heavy (non-hydrogen) atoms. The van der Waals surface area contributed by atoms with E-state index in [9.17, 15) is 4.79 Å². The second-order valence-corrected chi connectivity index (χ2v) is 6.86. The molecule has 1 aliphatic heterocycles. The number of carbonyl (C=O) groups excluding carboxylic acids is 1. The van der Waals surface area contributed by atoms with Crippen molar-refractivity contribution in [3.63, 3.8) is 0 Å². The van der Waals surface area contributed by atoms with Gasteiger partial charge in [-0.25, -0.2) is 0 Å². The van der Waals surface area contributed by atoms with E-state index in [0.717, 1.165) is 18.4 Å². The van der Waals surface area contributed by atoms with Gasteiger partial charge in [-0.05, 0) is 30.9 Å². The van der Waals surface area contributed by atoms with Gasteiger partial charge in [-0.15, -0.1) is 0 Å². The van der Waals surface area contributed by atoms with E-state index in [1.54, 1.807) is 6.92 Å². The van der Waals surface area contributed by atoms with Gasteiger partial charge >= 0.3 is 0 Å². The second kappa shape index (κ2) is 7.81. The minimum atomic E-state index is -0.987. The molecular formula is C21H26N2O2. The predicted molar refractivity (Wildman–Crippen MR) is 98.8 cm³/mol. The van der Waals surface area contributed by atoms with Crippen LogP contribution in [0.15, 0.2) is 60.7 Å². The first-order chi connectivity index (χ1) is 12.1. The highest BCUT2D eigenvalue weighted by molar-refractivity contribution is 5.87. The summed E-state index contributed by atoms with van der Waals surface area (Å²) in [4.78, 5) is 14.7. The zero-order valence-corrected chi connectivity index (χ0v) is 14.7. The molecule has 0 bridgehead atoms. The monoisotopic (exact) mass is 338 g/mol. The molecule has 0 radical (unpaired) electrons. The molecule has 0 spiro atoms. The average molecular weight is 338 g/mol. The summed E-state index contributed by atoms with van der Waals surface area (Å²) in [6.07, 6.45) is 1.90. The molecule has 1 saturated heterocycles. The van der Waals surface area contributed by atoms with E-state index in [-0.39, 0.29) is 12.0 Å². The second-order valence-electron chi connectivity index (χ2n) is 6.86. The molecule has 0 aromatic heterocycles. The molecule has 2 N–H and O–H groups in total. The van der Waals surface area contributed by atoms with Crippen LogP contribution in [0.3, 0.4) is 0 Å². The minimum absolute atomic E-state index is 0.0137. The summed E-state index contributed by atoms with van der Waals surface area (Å²) in [6, 6.07) is 19.8. The van der Waals surface area contributed by atoms with E-state index < -0.39 is 5.54 Å². The summed E-state index contributed by atoms with van der Waals surface area (Å²) in [5.41, 5.74) is 7.40. The van der Waals surface area contributed by atoms with Crippen molar-refractivity contribution >= 4 is 5.91 Å². The van der Waals surface area contributed by atoms with Crippen molar-refractivity contribution in [3.05, 3.63) is 71.8 Å². The number of benzene rings is 2. The Bertz CT molecular complexity index is 678. The summed E-state index contributed by atoms with van der Waals surface area (Å²) in [6.45, 7) is 3.80. The van der Waals surface area contributed by atoms with Crippen LogP contribution in [0.5, 0.6) is 0 Å². The zero-order valence-electron chi connectivity index (χ0n) is 14.7. The molecule has 1 unspecified atom stereocenters. The molecule has 2 aromatic rings. The summed E-state index contributed by atoms with van der Waals surface area (Å²) in [5.74, 6) is -0.0137. The maximum absolute atomic E-state index is 12.9. The van der Waals surface area contributed by atoms with Crippen molar-refractivity contribution in [2.24, 2.45) is 5.73 Å². The van der Waals surface area contributed by atoms with E-state index in [2.05, 4.69) is 12.1 Å².